The Kier molecular flexibility index (Phi) is 2.26. The Balaban J connectivity index is 2.12. The van der Waals surface area contributed by atoms with Crippen LogP contribution in [0.15, 0.2) is 30.9 Å². The normalized spacial score (nSPS) is 10.9. The fraction of sp³-hybridized carbons (Fsp3) is 0.100. The summed E-state index contributed by atoms with van der Waals surface area (Å²) >= 11 is 0. The van der Waals surface area contributed by atoms with Gasteiger partial charge in [0.15, 0.2) is 0 Å². The highest BCUT2D eigenvalue weighted by atomic mass is 16.6. The number of nitrogens with zero attached hydrogens (tertiary/aromatic N) is 5. The van der Waals surface area contributed by atoms with Gasteiger partial charge in [-0.1, -0.05) is 0 Å². The van der Waals surface area contributed by atoms with Gasteiger partial charge in [-0.2, -0.15) is 15.4 Å². The Morgan fingerprint density at radius 3 is 2.78 bits per heavy atom. The molecule has 18 heavy (non-hydrogen) atoms. The summed E-state index contributed by atoms with van der Waals surface area (Å²) < 4.78 is 1.76. The molecule has 0 aliphatic carbocycles. The van der Waals surface area contributed by atoms with Gasteiger partial charge in [-0.25, -0.2) is 4.98 Å². The molecule has 0 amide bonds. The number of nitro groups is 1. The quantitative estimate of drug-likeness (QED) is 0.549. The molecule has 3 aromatic rings. The Morgan fingerprint density at radius 2 is 2.11 bits per heavy atom. The van der Waals surface area contributed by atoms with Gasteiger partial charge >= 0.3 is 0 Å². The largest absolute Gasteiger partial charge is 0.333 e. The maximum absolute atomic E-state index is 11.0. The van der Waals surface area contributed by atoms with E-state index in [0.29, 0.717) is 23.1 Å². The Labute approximate surface area is 100 Å². The van der Waals surface area contributed by atoms with Crippen molar-refractivity contribution in [1.82, 2.24) is 25.0 Å². The van der Waals surface area contributed by atoms with Crippen molar-refractivity contribution in [2.75, 3.05) is 0 Å². The third-order valence-electron chi connectivity index (χ3n) is 2.63. The Hall–Kier alpha value is -2.77. The van der Waals surface area contributed by atoms with Crippen LogP contribution in [0.5, 0.6) is 0 Å². The van der Waals surface area contributed by atoms with Crippen LogP contribution in [-0.4, -0.2) is 29.9 Å². The van der Waals surface area contributed by atoms with E-state index in [1.165, 1.54) is 6.07 Å². The van der Waals surface area contributed by atoms with Crippen LogP contribution < -0.4 is 0 Å². The number of imidazole rings is 1. The van der Waals surface area contributed by atoms with E-state index in [9.17, 15) is 10.1 Å². The Morgan fingerprint density at radius 1 is 1.33 bits per heavy atom. The van der Waals surface area contributed by atoms with Crippen molar-refractivity contribution in [2.24, 2.45) is 0 Å². The molecule has 1 N–H and O–H groups in total. The van der Waals surface area contributed by atoms with Gasteiger partial charge in [0.1, 0.15) is 11.0 Å². The lowest BCUT2D eigenvalue weighted by atomic mass is 10.1. The average Bonchev–Trinajstić information content (AvgIpc) is 2.97. The molecule has 0 aliphatic heterocycles. The molecule has 0 aliphatic rings. The second-order valence-electron chi connectivity index (χ2n) is 3.79. The molecule has 0 saturated carbocycles. The number of rotatable bonds is 3. The van der Waals surface area contributed by atoms with Crippen LogP contribution in [0, 0.1) is 10.1 Å². The van der Waals surface area contributed by atoms with Crippen molar-refractivity contribution in [3.05, 3.63) is 46.5 Å². The third-order valence-corrected chi connectivity index (χ3v) is 2.63. The minimum absolute atomic E-state index is 0.0325. The van der Waals surface area contributed by atoms with E-state index < -0.39 is 4.92 Å². The van der Waals surface area contributed by atoms with Crippen molar-refractivity contribution in [3.63, 3.8) is 0 Å². The van der Waals surface area contributed by atoms with Gasteiger partial charge in [-0.05, 0) is 6.07 Å². The van der Waals surface area contributed by atoms with E-state index in [1.807, 2.05) is 0 Å². The first kappa shape index (κ1) is 10.4. The molecular formula is C10H8N6O2. The molecule has 0 saturated heterocycles. The Bertz CT molecular complexity index is 702. The van der Waals surface area contributed by atoms with Crippen molar-refractivity contribution in [2.45, 2.75) is 6.54 Å². The van der Waals surface area contributed by atoms with Crippen molar-refractivity contribution in [1.29, 1.82) is 0 Å². The van der Waals surface area contributed by atoms with Crippen LogP contribution in [-0.2, 0) is 6.54 Å². The zero-order valence-corrected chi connectivity index (χ0v) is 9.15. The molecule has 0 atom stereocenters. The topological polar surface area (TPSA) is 103 Å². The number of aromatic nitrogens is 5. The maximum Gasteiger partial charge on any atom is 0.276 e. The molecule has 2 heterocycles. The minimum atomic E-state index is -0.416. The standard InChI is InChI=1S/C10H8N6O2/c17-16(18)10-4-9-8(12-14-13-9)3-7(10)5-15-2-1-11-6-15/h1-4,6H,5H2,(H,12,13,14). The zero-order valence-electron chi connectivity index (χ0n) is 9.15. The lowest BCUT2D eigenvalue weighted by Gasteiger charge is -2.03. The molecule has 0 radical (unpaired) electrons. The number of hydrogen-bond donors (Lipinski definition) is 1. The molecule has 0 unspecified atom stereocenters. The van der Waals surface area contributed by atoms with Gasteiger partial charge < -0.3 is 4.57 Å². The van der Waals surface area contributed by atoms with E-state index >= 15 is 0 Å². The highest BCUT2D eigenvalue weighted by Crippen LogP contribution is 2.24. The molecule has 90 valence electrons. The lowest BCUT2D eigenvalue weighted by Crippen LogP contribution is -2.01. The van der Waals surface area contributed by atoms with Gasteiger partial charge in [0.05, 0.1) is 23.4 Å². The van der Waals surface area contributed by atoms with E-state index in [1.54, 1.807) is 29.4 Å². The van der Waals surface area contributed by atoms with Crippen LogP contribution in [0.1, 0.15) is 5.56 Å². The number of fused-ring (bicyclic) bond motifs is 1. The van der Waals surface area contributed by atoms with E-state index in [2.05, 4.69) is 20.4 Å². The number of nitro benzene ring substituents is 1. The fourth-order valence-corrected chi connectivity index (χ4v) is 1.79. The molecule has 3 rings (SSSR count). The molecule has 8 nitrogen and oxygen atoms in total. The summed E-state index contributed by atoms with van der Waals surface area (Å²) in [5.41, 5.74) is 1.69. The molecule has 8 heteroatoms. The van der Waals surface area contributed by atoms with Gasteiger partial charge in [0.2, 0.25) is 0 Å². The van der Waals surface area contributed by atoms with E-state index in [0.717, 1.165) is 0 Å². The smallest absolute Gasteiger partial charge is 0.276 e. The van der Waals surface area contributed by atoms with Crippen molar-refractivity contribution in [3.8, 4) is 0 Å². The first-order chi connectivity index (χ1) is 8.74. The van der Waals surface area contributed by atoms with E-state index in [4.69, 9.17) is 0 Å². The van der Waals surface area contributed by atoms with Gasteiger partial charge in [-0.15, -0.1) is 0 Å². The summed E-state index contributed by atoms with van der Waals surface area (Å²) in [6.45, 7) is 0.374. The second kappa shape index (κ2) is 3.91. The molecule has 0 spiro atoms. The molecular weight excluding hydrogens is 236 g/mol. The molecule has 2 aromatic heterocycles. The average molecular weight is 244 g/mol. The van der Waals surface area contributed by atoms with Crippen LogP contribution in [0.3, 0.4) is 0 Å². The summed E-state index contributed by atoms with van der Waals surface area (Å²) in [5.74, 6) is 0. The SMILES string of the molecule is O=[N+]([O-])c1cc2n[nH]nc2cc1Cn1ccnc1. The first-order valence-electron chi connectivity index (χ1n) is 5.17. The zero-order chi connectivity index (χ0) is 12.5. The summed E-state index contributed by atoms with van der Waals surface area (Å²) in [6, 6.07) is 3.09. The van der Waals surface area contributed by atoms with Crippen molar-refractivity contribution < 1.29 is 4.92 Å². The fourth-order valence-electron chi connectivity index (χ4n) is 1.79. The summed E-state index contributed by atoms with van der Waals surface area (Å²) in [5, 5.41) is 21.3. The van der Waals surface area contributed by atoms with Gasteiger partial charge in [-0.3, -0.25) is 10.1 Å². The predicted molar refractivity (Wildman–Crippen MR) is 61.9 cm³/mol. The maximum atomic E-state index is 11.0. The predicted octanol–water partition coefficient (Wildman–Crippen LogP) is 1.11. The van der Waals surface area contributed by atoms with Gasteiger partial charge in [0.25, 0.3) is 5.69 Å². The van der Waals surface area contributed by atoms with Crippen LogP contribution in [0.25, 0.3) is 11.0 Å². The monoisotopic (exact) mass is 244 g/mol. The summed E-state index contributed by atoms with van der Waals surface area (Å²) in [6.07, 6.45) is 4.98. The first-order valence-corrected chi connectivity index (χ1v) is 5.17. The van der Waals surface area contributed by atoms with Crippen LogP contribution in [0.2, 0.25) is 0 Å². The molecule has 0 bridgehead atoms. The molecule has 0 fully saturated rings. The van der Waals surface area contributed by atoms with Crippen molar-refractivity contribution >= 4 is 16.7 Å². The number of hydrogen-bond acceptors (Lipinski definition) is 5. The number of aromatic amines is 1. The lowest BCUT2D eigenvalue weighted by molar-refractivity contribution is -0.385. The number of H-pyrrole nitrogens is 1. The number of nitrogens with one attached hydrogen (secondary N) is 1. The third kappa shape index (κ3) is 1.69. The summed E-state index contributed by atoms with van der Waals surface area (Å²) in [4.78, 5) is 14.5. The highest BCUT2D eigenvalue weighted by Gasteiger charge is 2.17. The molecule has 1 aromatic carbocycles. The van der Waals surface area contributed by atoms with Crippen LogP contribution in [0.4, 0.5) is 5.69 Å². The van der Waals surface area contributed by atoms with Crippen LogP contribution >= 0.6 is 0 Å². The van der Waals surface area contributed by atoms with E-state index in [-0.39, 0.29) is 5.69 Å². The minimum Gasteiger partial charge on any atom is -0.333 e. The highest BCUT2D eigenvalue weighted by molar-refractivity contribution is 5.78. The van der Waals surface area contributed by atoms with Gasteiger partial charge in [0, 0.05) is 18.5 Å². The number of benzene rings is 1. The summed E-state index contributed by atoms with van der Waals surface area (Å²) in [7, 11) is 0. The second-order valence-corrected chi connectivity index (χ2v) is 3.79.